The molecule has 27 heavy (non-hydrogen) atoms. The Morgan fingerprint density at radius 1 is 1.11 bits per heavy atom. The third kappa shape index (κ3) is 3.05. The second-order valence-electron chi connectivity index (χ2n) is 11.8. The molecule has 0 aromatic heterocycles. The molecular weight excluding hydrogens is 352 g/mol. The summed E-state index contributed by atoms with van der Waals surface area (Å²) in [5, 5.41) is 0.220. The van der Waals surface area contributed by atoms with Gasteiger partial charge in [-0.3, -0.25) is 0 Å². The molecule has 3 nitrogen and oxygen atoms in total. The molecular formula is C23H42O3Si. The number of ether oxygens (including phenoxy) is 2. The van der Waals surface area contributed by atoms with E-state index in [9.17, 15) is 0 Å². The monoisotopic (exact) mass is 394 g/mol. The maximum Gasteiger partial charge on any atom is 0.192 e. The predicted octanol–water partition coefficient (Wildman–Crippen LogP) is 6.30. The van der Waals surface area contributed by atoms with E-state index in [0.717, 1.165) is 13.0 Å². The van der Waals surface area contributed by atoms with E-state index in [0.29, 0.717) is 11.3 Å². The zero-order valence-electron chi connectivity index (χ0n) is 19.2. The number of hydrogen-bond acceptors (Lipinski definition) is 3. The van der Waals surface area contributed by atoms with Gasteiger partial charge in [-0.05, 0) is 61.2 Å². The first-order valence-corrected chi connectivity index (χ1v) is 13.7. The molecule has 3 fully saturated rings. The molecule has 0 unspecified atom stereocenters. The number of methoxy groups -OCH3 is 1. The van der Waals surface area contributed by atoms with Crippen molar-refractivity contribution in [1.29, 1.82) is 0 Å². The van der Waals surface area contributed by atoms with Crippen LogP contribution in [-0.2, 0) is 13.9 Å². The van der Waals surface area contributed by atoms with E-state index in [4.69, 9.17) is 13.9 Å². The van der Waals surface area contributed by atoms with Crippen molar-refractivity contribution in [2.24, 2.45) is 16.7 Å². The first kappa shape index (κ1) is 21.4. The van der Waals surface area contributed by atoms with E-state index >= 15 is 0 Å². The van der Waals surface area contributed by atoms with Crippen LogP contribution < -0.4 is 0 Å². The number of hydrogen-bond donors (Lipinski definition) is 0. The molecule has 0 spiro atoms. The molecule has 156 valence electrons. The van der Waals surface area contributed by atoms with Crippen LogP contribution in [0.1, 0.15) is 73.6 Å². The Labute approximate surface area is 168 Å². The van der Waals surface area contributed by atoms with Crippen LogP contribution in [0.2, 0.25) is 18.1 Å². The van der Waals surface area contributed by atoms with Crippen molar-refractivity contribution in [1.82, 2.24) is 0 Å². The zero-order valence-corrected chi connectivity index (χ0v) is 20.2. The summed E-state index contributed by atoms with van der Waals surface area (Å²) >= 11 is 0. The van der Waals surface area contributed by atoms with Crippen molar-refractivity contribution in [3.63, 3.8) is 0 Å². The summed E-state index contributed by atoms with van der Waals surface area (Å²) in [7, 11) is -0.0720. The van der Waals surface area contributed by atoms with E-state index < -0.39 is 8.32 Å². The Morgan fingerprint density at radius 2 is 1.78 bits per heavy atom. The molecule has 2 aliphatic carbocycles. The van der Waals surface area contributed by atoms with Crippen LogP contribution in [0.15, 0.2) is 12.3 Å². The van der Waals surface area contributed by atoms with E-state index in [1.165, 1.54) is 25.7 Å². The average molecular weight is 395 g/mol. The lowest BCUT2D eigenvalue weighted by Crippen LogP contribution is -2.57. The minimum absolute atomic E-state index is 0.152. The Hall–Kier alpha value is -0.323. The fourth-order valence-electron chi connectivity index (χ4n) is 6.07. The lowest BCUT2D eigenvalue weighted by Gasteiger charge is -2.56. The number of epoxide rings is 1. The SMILES string of the molecule is CO/C=C\[C@@]12O[C@]1(CO[Si](C)(C)C(C)(C)C)CC[C@H]1C(C)(C)CCC[C@@]12C. The molecule has 1 heterocycles. The third-order valence-electron chi connectivity index (χ3n) is 8.82. The molecule has 1 saturated heterocycles. The number of fused-ring (bicyclic) bond motifs is 3. The molecule has 0 aromatic rings. The molecule has 0 N–H and O–H groups in total. The van der Waals surface area contributed by atoms with Gasteiger partial charge in [0.2, 0.25) is 0 Å². The summed E-state index contributed by atoms with van der Waals surface area (Å²) in [5.74, 6) is 0.684. The van der Waals surface area contributed by atoms with E-state index in [-0.39, 0.29) is 21.7 Å². The summed E-state index contributed by atoms with van der Waals surface area (Å²) < 4.78 is 18.8. The Kier molecular flexibility index (Phi) is 5.02. The maximum atomic E-state index is 6.76. The molecule has 0 aromatic carbocycles. The van der Waals surface area contributed by atoms with Gasteiger partial charge in [-0.1, -0.05) is 48.0 Å². The summed E-state index contributed by atoms with van der Waals surface area (Å²) in [5.41, 5.74) is 0.118. The highest BCUT2D eigenvalue weighted by Crippen LogP contribution is 2.73. The van der Waals surface area contributed by atoms with E-state index in [2.05, 4.69) is 60.7 Å². The van der Waals surface area contributed by atoms with Gasteiger partial charge in [0.15, 0.2) is 8.32 Å². The first-order chi connectivity index (χ1) is 12.3. The Morgan fingerprint density at radius 3 is 2.37 bits per heavy atom. The van der Waals surface area contributed by atoms with Gasteiger partial charge in [-0.25, -0.2) is 0 Å². The lowest BCUT2D eigenvalue weighted by molar-refractivity contribution is -0.0573. The quantitative estimate of drug-likeness (QED) is 0.311. The van der Waals surface area contributed by atoms with Crippen molar-refractivity contribution in [3.05, 3.63) is 12.3 Å². The van der Waals surface area contributed by atoms with Crippen molar-refractivity contribution < 1.29 is 13.9 Å². The van der Waals surface area contributed by atoms with Crippen LogP contribution in [-0.4, -0.2) is 33.2 Å². The largest absolute Gasteiger partial charge is 0.505 e. The maximum absolute atomic E-state index is 6.76. The highest BCUT2D eigenvalue weighted by Gasteiger charge is 2.80. The van der Waals surface area contributed by atoms with Gasteiger partial charge < -0.3 is 13.9 Å². The van der Waals surface area contributed by atoms with Gasteiger partial charge in [0.05, 0.1) is 20.0 Å². The highest BCUT2D eigenvalue weighted by atomic mass is 28.4. The Balaban J connectivity index is 1.91. The zero-order chi connectivity index (χ0) is 20.4. The molecule has 0 bridgehead atoms. The van der Waals surface area contributed by atoms with Gasteiger partial charge in [-0.2, -0.15) is 0 Å². The first-order valence-electron chi connectivity index (χ1n) is 10.8. The number of rotatable bonds is 5. The fraction of sp³-hybridized carbons (Fsp3) is 0.913. The molecule has 1 aliphatic heterocycles. The molecule has 0 radical (unpaired) electrons. The van der Waals surface area contributed by atoms with Crippen LogP contribution in [0.25, 0.3) is 0 Å². The van der Waals surface area contributed by atoms with Gasteiger partial charge in [-0.15, -0.1) is 0 Å². The van der Waals surface area contributed by atoms with Crippen LogP contribution in [0.3, 0.4) is 0 Å². The van der Waals surface area contributed by atoms with Gasteiger partial charge in [0, 0.05) is 5.41 Å². The summed E-state index contributed by atoms with van der Waals surface area (Å²) in [6, 6.07) is 0. The minimum atomic E-state index is -1.80. The fourth-order valence-corrected chi connectivity index (χ4v) is 7.10. The van der Waals surface area contributed by atoms with Crippen LogP contribution in [0.5, 0.6) is 0 Å². The lowest BCUT2D eigenvalue weighted by atomic mass is 9.46. The summed E-state index contributed by atoms with van der Waals surface area (Å²) in [6.07, 6.45) is 10.3. The smallest absolute Gasteiger partial charge is 0.192 e. The molecule has 2 saturated carbocycles. The van der Waals surface area contributed by atoms with Gasteiger partial charge in [0.25, 0.3) is 0 Å². The molecule has 4 heteroatoms. The molecule has 3 rings (SSSR count). The third-order valence-corrected chi connectivity index (χ3v) is 13.3. The second kappa shape index (κ2) is 6.34. The van der Waals surface area contributed by atoms with E-state index in [1.54, 1.807) is 7.11 Å². The van der Waals surface area contributed by atoms with Crippen LogP contribution in [0.4, 0.5) is 0 Å². The van der Waals surface area contributed by atoms with Crippen LogP contribution in [0, 0.1) is 16.7 Å². The molecule has 0 amide bonds. The standard InChI is InChI=1S/C23H42O3Si/c1-19(2,3)27(8,9)25-17-22-14-11-18-20(4,5)12-10-13-21(18,6)23(22,26-22)15-16-24-7/h15-16,18H,10-14,17H2,1-9H3/b16-15-/t18-,21-,22-,23-/m0/s1. The normalized spacial score (nSPS) is 41.1. The van der Waals surface area contributed by atoms with Crippen molar-refractivity contribution in [2.75, 3.05) is 13.7 Å². The van der Waals surface area contributed by atoms with Crippen molar-refractivity contribution in [3.8, 4) is 0 Å². The molecule has 3 aliphatic rings. The van der Waals surface area contributed by atoms with Crippen LogP contribution >= 0.6 is 0 Å². The average Bonchev–Trinajstić information content (AvgIpc) is 3.20. The summed E-state index contributed by atoms with van der Waals surface area (Å²) in [4.78, 5) is 0. The van der Waals surface area contributed by atoms with Crippen molar-refractivity contribution >= 4 is 8.32 Å². The molecule has 4 atom stereocenters. The minimum Gasteiger partial charge on any atom is -0.505 e. The van der Waals surface area contributed by atoms with Crippen molar-refractivity contribution in [2.45, 2.75) is 103 Å². The summed E-state index contributed by atoms with van der Waals surface area (Å²) in [6.45, 7) is 19.7. The van der Waals surface area contributed by atoms with Gasteiger partial charge >= 0.3 is 0 Å². The highest BCUT2D eigenvalue weighted by molar-refractivity contribution is 6.74. The Bertz CT molecular complexity index is 605. The second-order valence-corrected chi connectivity index (χ2v) is 16.6. The predicted molar refractivity (Wildman–Crippen MR) is 114 cm³/mol. The van der Waals surface area contributed by atoms with Gasteiger partial charge in [0.1, 0.15) is 11.2 Å². The van der Waals surface area contributed by atoms with E-state index in [1.807, 2.05) is 6.26 Å². The topological polar surface area (TPSA) is 31.0 Å².